The van der Waals surface area contributed by atoms with E-state index in [1.807, 2.05) is 0 Å². The maximum Gasteiger partial charge on any atom is 0.0611 e. The lowest BCUT2D eigenvalue weighted by Gasteiger charge is -2.39. The number of nitrogens with zero attached hydrogens (tertiary/aromatic N) is 1. The molecule has 2 atom stereocenters. The monoisotopic (exact) mass is 274 g/mol. The molecule has 0 aromatic heterocycles. The van der Waals surface area contributed by atoms with Crippen LogP contribution in [0.3, 0.4) is 0 Å². The van der Waals surface area contributed by atoms with Gasteiger partial charge >= 0.3 is 0 Å². The Hall–Kier alpha value is -0.160. The third-order valence-corrected chi connectivity index (χ3v) is 3.52. The number of aliphatic hydroxyl groups excluding tert-OH is 1. The Morgan fingerprint density at radius 2 is 1.79 bits per heavy atom. The van der Waals surface area contributed by atoms with Crippen molar-refractivity contribution in [3.05, 3.63) is 0 Å². The SMILES string of the molecule is COCCN(C(C)C)C(C)CC(C)(CO)NC(C)C. The standard InChI is InChI=1S/C15H34N2O2/c1-12(2)16-15(6,11-18)10-14(5)17(13(3)4)8-9-19-7/h12-14,16,18H,8-11H2,1-7H3. The molecule has 2 N–H and O–H groups in total. The van der Waals surface area contributed by atoms with Crippen LogP contribution in [0.25, 0.3) is 0 Å². The van der Waals surface area contributed by atoms with Crippen molar-refractivity contribution < 1.29 is 9.84 Å². The summed E-state index contributed by atoms with van der Waals surface area (Å²) >= 11 is 0. The summed E-state index contributed by atoms with van der Waals surface area (Å²) < 4.78 is 5.19. The Bertz CT molecular complexity index is 234. The molecule has 0 bridgehead atoms. The molecule has 0 aliphatic carbocycles. The Labute approximate surface area is 119 Å². The van der Waals surface area contributed by atoms with Gasteiger partial charge in [-0.15, -0.1) is 0 Å². The van der Waals surface area contributed by atoms with Crippen molar-refractivity contribution in [2.24, 2.45) is 0 Å². The third-order valence-electron chi connectivity index (χ3n) is 3.52. The highest BCUT2D eigenvalue weighted by molar-refractivity contribution is 4.89. The minimum Gasteiger partial charge on any atom is -0.394 e. The van der Waals surface area contributed by atoms with Gasteiger partial charge in [-0.2, -0.15) is 0 Å². The van der Waals surface area contributed by atoms with Crippen molar-refractivity contribution in [2.45, 2.75) is 71.6 Å². The summed E-state index contributed by atoms with van der Waals surface area (Å²) in [5, 5.41) is 13.2. The molecule has 0 aliphatic rings. The fraction of sp³-hybridized carbons (Fsp3) is 1.00. The number of methoxy groups -OCH3 is 1. The molecule has 0 spiro atoms. The van der Waals surface area contributed by atoms with Crippen LogP contribution in [0.4, 0.5) is 0 Å². The van der Waals surface area contributed by atoms with Crippen LogP contribution in [0.2, 0.25) is 0 Å². The summed E-state index contributed by atoms with van der Waals surface area (Å²) in [4.78, 5) is 2.43. The third kappa shape index (κ3) is 7.25. The summed E-state index contributed by atoms with van der Waals surface area (Å²) in [5.41, 5.74) is -0.228. The van der Waals surface area contributed by atoms with Crippen LogP contribution >= 0.6 is 0 Å². The summed E-state index contributed by atoms with van der Waals surface area (Å²) in [6.45, 7) is 14.8. The molecule has 0 aromatic carbocycles. The molecular formula is C15H34N2O2. The zero-order chi connectivity index (χ0) is 15.1. The van der Waals surface area contributed by atoms with Gasteiger partial charge in [0.15, 0.2) is 0 Å². The molecule has 0 fully saturated rings. The van der Waals surface area contributed by atoms with Crippen LogP contribution < -0.4 is 5.32 Å². The van der Waals surface area contributed by atoms with E-state index in [0.29, 0.717) is 18.1 Å². The summed E-state index contributed by atoms with van der Waals surface area (Å²) in [6.07, 6.45) is 0.920. The number of ether oxygens (including phenoxy) is 1. The summed E-state index contributed by atoms with van der Waals surface area (Å²) in [6, 6.07) is 1.25. The molecule has 0 heterocycles. The summed E-state index contributed by atoms with van der Waals surface area (Å²) in [5.74, 6) is 0. The second-order valence-electron chi connectivity index (χ2n) is 6.40. The largest absolute Gasteiger partial charge is 0.394 e. The molecule has 0 amide bonds. The van der Waals surface area contributed by atoms with E-state index >= 15 is 0 Å². The molecule has 19 heavy (non-hydrogen) atoms. The number of aliphatic hydroxyl groups is 1. The minimum absolute atomic E-state index is 0.158. The number of rotatable bonds is 10. The van der Waals surface area contributed by atoms with Crippen molar-refractivity contribution in [3.8, 4) is 0 Å². The van der Waals surface area contributed by atoms with Gasteiger partial charge in [0.25, 0.3) is 0 Å². The topological polar surface area (TPSA) is 44.7 Å². The lowest BCUT2D eigenvalue weighted by atomic mass is 9.92. The molecule has 0 saturated heterocycles. The van der Waals surface area contributed by atoms with Crippen LogP contribution in [0.1, 0.15) is 48.0 Å². The van der Waals surface area contributed by atoms with Gasteiger partial charge in [0.2, 0.25) is 0 Å². The predicted octanol–water partition coefficient (Wildman–Crippen LogP) is 1.87. The molecular weight excluding hydrogens is 240 g/mol. The number of hydrogen-bond acceptors (Lipinski definition) is 4. The van der Waals surface area contributed by atoms with Gasteiger partial charge in [-0.3, -0.25) is 4.90 Å². The molecule has 0 saturated carbocycles. The first kappa shape index (κ1) is 18.8. The van der Waals surface area contributed by atoms with Crippen molar-refractivity contribution >= 4 is 0 Å². The Kier molecular flexibility index (Phi) is 8.83. The maximum absolute atomic E-state index is 9.67. The smallest absolute Gasteiger partial charge is 0.0611 e. The van der Waals surface area contributed by atoms with Gasteiger partial charge in [0.1, 0.15) is 0 Å². The first-order valence-electron chi connectivity index (χ1n) is 7.39. The van der Waals surface area contributed by atoms with E-state index in [4.69, 9.17) is 4.74 Å². The van der Waals surface area contributed by atoms with Crippen LogP contribution in [0.15, 0.2) is 0 Å². The van der Waals surface area contributed by atoms with Crippen molar-refractivity contribution in [1.82, 2.24) is 10.2 Å². The van der Waals surface area contributed by atoms with Gasteiger partial charge in [-0.05, 0) is 34.1 Å². The molecule has 116 valence electrons. The average molecular weight is 274 g/mol. The van der Waals surface area contributed by atoms with Gasteiger partial charge in [-0.25, -0.2) is 0 Å². The van der Waals surface area contributed by atoms with E-state index < -0.39 is 0 Å². The Balaban J connectivity index is 4.61. The van der Waals surface area contributed by atoms with Crippen LogP contribution in [0.5, 0.6) is 0 Å². The predicted molar refractivity (Wildman–Crippen MR) is 81.6 cm³/mol. The van der Waals surface area contributed by atoms with Crippen LogP contribution in [-0.4, -0.2) is 60.5 Å². The van der Waals surface area contributed by atoms with Crippen molar-refractivity contribution in [1.29, 1.82) is 0 Å². The van der Waals surface area contributed by atoms with Crippen molar-refractivity contribution in [3.63, 3.8) is 0 Å². The van der Waals surface area contributed by atoms with E-state index in [2.05, 4.69) is 51.8 Å². The van der Waals surface area contributed by atoms with Crippen LogP contribution in [0, 0.1) is 0 Å². The number of hydrogen-bond donors (Lipinski definition) is 2. The van der Waals surface area contributed by atoms with Gasteiger partial charge in [0, 0.05) is 37.3 Å². The number of nitrogens with one attached hydrogen (secondary N) is 1. The van der Waals surface area contributed by atoms with E-state index in [9.17, 15) is 5.11 Å². The fourth-order valence-corrected chi connectivity index (χ4v) is 2.82. The van der Waals surface area contributed by atoms with E-state index in [0.717, 1.165) is 19.6 Å². The second kappa shape index (κ2) is 8.90. The molecule has 0 radical (unpaired) electrons. The Morgan fingerprint density at radius 3 is 2.16 bits per heavy atom. The lowest BCUT2D eigenvalue weighted by molar-refractivity contribution is 0.0686. The maximum atomic E-state index is 9.67. The molecule has 4 heteroatoms. The fourth-order valence-electron chi connectivity index (χ4n) is 2.82. The van der Waals surface area contributed by atoms with Gasteiger partial charge < -0.3 is 15.2 Å². The van der Waals surface area contributed by atoms with E-state index in [-0.39, 0.29) is 12.1 Å². The summed E-state index contributed by atoms with van der Waals surface area (Å²) in [7, 11) is 1.74. The van der Waals surface area contributed by atoms with E-state index in [1.54, 1.807) is 7.11 Å². The molecule has 0 aliphatic heterocycles. The highest BCUT2D eigenvalue weighted by atomic mass is 16.5. The Morgan fingerprint density at radius 1 is 1.21 bits per heavy atom. The first-order chi connectivity index (χ1) is 8.75. The van der Waals surface area contributed by atoms with Gasteiger partial charge in [0.05, 0.1) is 13.2 Å². The van der Waals surface area contributed by atoms with Gasteiger partial charge in [-0.1, -0.05) is 13.8 Å². The average Bonchev–Trinajstić information content (AvgIpc) is 2.27. The molecule has 0 aromatic rings. The molecule has 2 unspecified atom stereocenters. The zero-order valence-electron chi connectivity index (χ0n) is 13.9. The van der Waals surface area contributed by atoms with Crippen molar-refractivity contribution in [2.75, 3.05) is 26.9 Å². The molecule has 0 rings (SSSR count). The highest BCUT2D eigenvalue weighted by Gasteiger charge is 2.29. The normalized spacial score (nSPS) is 17.2. The highest BCUT2D eigenvalue weighted by Crippen LogP contribution is 2.18. The zero-order valence-corrected chi connectivity index (χ0v) is 13.9. The lowest BCUT2D eigenvalue weighted by Crippen LogP contribution is -2.54. The molecule has 4 nitrogen and oxygen atoms in total. The quantitative estimate of drug-likeness (QED) is 0.638. The first-order valence-corrected chi connectivity index (χ1v) is 7.39. The minimum atomic E-state index is -0.228. The van der Waals surface area contributed by atoms with Crippen LogP contribution in [-0.2, 0) is 4.74 Å². The second-order valence-corrected chi connectivity index (χ2v) is 6.40. The van der Waals surface area contributed by atoms with E-state index in [1.165, 1.54) is 0 Å².